The normalized spacial score (nSPS) is 11.4. The van der Waals surface area contributed by atoms with E-state index in [0.717, 1.165) is 5.56 Å². The van der Waals surface area contributed by atoms with Crippen LogP contribution in [0.5, 0.6) is 5.75 Å². The molecule has 0 aliphatic heterocycles. The third kappa shape index (κ3) is 3.29. The van der Waals surface area contributed by atoms with Crippen LogP contribution in [-0.4, -0.2) is 0 Å². The molecule has 2 aromatic rings. The van der Waals surface area contributed by atoms with Crippen LogP contribution in [0.2, 0.25) is 0 Å². The monoisotopic (exact) mass is 273 g/mol. The number of para-hydroxylation sites is 1. The lowest BCUT2D eigenvalue weighted by Crippen LogP contribution is -2.11. The van der Waals surface area contributed by atoms with Crippen molar-refractivity contribution >= 4 is 5.69 Å². The van der Waals surface area contributed by atoms with Crippen molar-refractivity contribution in [2.75, 3.05) is 5.73 Å². The lowest BCUT2D eigenvalue weighted by Gasteiger charge is -2.19. The van der Waals surface area contributed by atoms with Crippen molar-refractivity contribution in [2.24, 2.45) is 0 Å². The van der Waals surface area contributed by atoms with Gasteiger partial charge in [0.15, 0.2) is 11.6 Å². The van der Waals surface area contributed by atoms with Gasteiger partial charge in [0.05, 0.1) is 5.69 Å². The molecule has 0 saturated carbocycles. The minimum absolute atomic E-state index is 0.118. The first kappa shape index (κ1) is 14.4. The molecular weight excluding hydrogens is 253 g/mol. The highest BCUT2D eigenvalue weighted by Gasteiger charge is 2.13. The fraction of sp³-hybridized carbons (Fsp3) is 0.294. The second-order valence-corrected chi connectivity index (χ2v) is 5.89. The summed E-state index contributed by atoms with van der Waals surface area (Å²) < 4.78 is 19.0. The van der Waals surface area contributed by atoms with Crippen molar-refractivity contribution in [3.05, 3.63) is 59.4 Å². The van der Waals surface area contributed by atoms with E-state index in [9.17, 15) is 4.39 Å². The molecule has 0 bridgehead atoms. The SMILES string of the molecule is CC(C)(C)c1ccc(COc2c(N)cccc2F)cc1. The van der Waals surface area contributed by atoms with Gasteiger partial charge in [0.2, 0.25) is 0 Å². The fourth-order valence-corrected chi connectivity index (χ4v) is 1.93. The minimum Gasteiger partial charge on any atom is -0.484 e. The van der Waals surface area contributed by atoms with Gasteiger partial charge in [-0.1, -0.05) is 51.1 Å². The molecule has 0 heterocycles. The summed E-state index contributed by atoms with van der Waals surface area (Å²) >= 11 is 0. The first-order valence-electron chi connectivity index (χ1n) is 6.64. The van der Waals surface area contributed by atoms with Gasteiger partial charge in [-0.05, 0) is 28.7 Å². The average molecular weight is 273 g/mol. The second-order valence-electron chi connectivity index (χ2n) is 5.89. The van der Waals surface area contributed by atoms with Crippen molar-refractivity contribution < 1.29 is 9.13 Å². The Morgan fingerprint density at radius 3 is 2.25 bits per heavy atom. The molecule has 0 radical (unpaired) electrons. The molecule has 0 amide bonds. The molecule has 0 saturated heterocycles. The van der Waals surface area contributed by atoms with Gasteiger partial charge in [0, 0.05) is 0 Å². The summed E-state index contributed by atoms with van der Waals surface area (Å²) in [6.07, 6.45) is 0. The van der Waals surface area contributed by atoms with E-state index in [1.165, 1.54) is 11.6 Å². The van der Waals surface area contributed by atoms with Crippen LogP contribution in [0.1, 0.15) is 31.9 Å². The highest BCUT2D eigenvalue weighted by atomic mass is 19.1. The summed E-state index contributed by atoms with van der Waals surface area (Å²) in [4.78, 5) is 0. The number of anilines is 1. The zero-order chi connectivity index (χ0) is 14.8. The molecule has 0 aliphatic carbocycles. The first-order chi connectivity index (χ1) is 9.38. The van der Waals surface area contributed by atoms with Gasteiger partial charge in [-0.3, -0.25) is 0 Å². The van der Waals surface area contributed by atoms with E-state index in [2.05, 4.69) is 32.9 Å². The Morgan fingerprint density at radius 2 is 1.70 bits per heavy atom. The van der Waals surface area contributed by atoms with Crippen LogP contribution in [0, 0.1) is 5.82 Å². The van der Waals surface area contributed by atoms with Gasteiger partial charge < -0.3 is 10.5 Å². The van der Waals surface area contributed by atoms with Crippen LogP contribution >= 0.6 is 0 Å². The highest BCUT2D eigenvalue weighted by Crippen LogP contribution is 2.26. The van der Waals surface area contributed by atoms with Crippen molar-refractivity contribution in [2.45, 2.75) is 32.8 Å². The molecule has 0 atom stereocenters. The summed E-state index contributed by atoms with van der Waals surface area (Å²) in [6.45, 7) is 6.80. The lowest BCUT2D eigenvalue weighted by atomic mass is 9.87. The maximum absolute atomic E-state index is 13.6. The number of nitrogen functional groups attached to an aromatic ring is 1. The van der Waals surface area contributed by atoms with Crippen LogP contribution in [0.25, 0.3) is 0 Å². The maximum atomic E-state index is 13.6. The molecule has 0 spiro atoms. The first-order valence-corrected chi connectivity index (χ1v) is 6.64. The van der Waals surface area contributed by atoms with E-state index in [4.69, 9.17) is 10.5 Å². The third-order valence-electron chi connectivity index (χ3n) is 3.20. The Labute approximate surface area is 119 Å². The summed E-state index contributed by atoms with van der Waals surface area (Å²) in [5.41, 5.74) is 8.38. The molecule has 106 valence electrons. The van der Waals surface area contributed by atoms with Crippen LogP contribution < -0.4 is 10.5 Å². The van der Waals surface area contributed by atoms with Crippen molar-refractivity contribution in [1.29, 1.82) is 0 Å². The van der Waals surface area contributed by atoms with E-state index in [0.29, 0.717) is 12.3 Å². The Balaban J connectivity index is 2.08. The Kier molecular flexibility index (Phi) is 3.98. The molecule has 20 heavy (non-hydrogen) atoms. The largest absolute Gasteiger partial charge is 0.484 e. The second kappa shape index (κ2) is 5.53. The summed E-state index contributed by atoms with van der Waals surface area (Å²) in [5, 5.41) is 0. The topological polar surface area (TPSA) is 35.2 Å². The Hall–Kier alpha value is -2.03. The summed E-state index contributed by atoms with van der Waals surface area (Å²) in [5.74, 6) is -0.316. The number of rotatable bonds is 3. The standard InChI is InChI=1S/C17H20FNO/c1-17(2,3)13-9-7-12(8-10-13)11-20-16-14(18)5-4-6-15(16)19/h4-10H,11,19H2,1-3H3. The highest BCUT2D eigenvalue weighted by molar-refractivity contribution is 5.52. The quantitative estimate of drug-likeness (QED) is 0.847. The Bertz CT molecular complexity index is 565. The predicted octanol–water partition coefficient (Wildman–Crippen LogP) is 4.28. The van der Waals surface area contributed by atoms with Crippen molar-refractivity contribution in [3.8, 4) is 5.75 Å². The van der Waals surface area contributed by atoms with E-state index >= 15 is 0 Å². The molecule has 0 aliphatic rings. The molecule has 2 nitrogen and oxygen atoms in total. The zero-order valence-corrected chi connectivity index (χ0v) is 12.1. The van der Waals surface area contributed by atoms with Crippen molar-refractivity contribution in [3.63, 3.8) is 0 Å². The number of ether oxygens (including phenoxy) is 1. The summed E-state index contributed by atoms with van der Waals surface area (Å²) in [6, 6.07) is 12.7. The minimum atomic E-state index is -0.434. The van der Waals surface area contributed by atoms with Crippen molar-refractivity contribution in [1.82, 2.24) is 0 Å². The van der Waals surface area contributed by atoms with Gasteiger partial charge >= 0.3 is 0 Å². The van der Waals surface area contributed by atoms with E-state index in [-0.39, 0.29) is 11.2 Å². The zero-order valence-electron chi connectivity index (χ0n) is 12.1. The van der Waals surface area contributed by atoms with Crippen LogP contribution in [0.3, 0.4) is 0 Å². The molecular formula is C17H20FNO. The molecule has 2 aromatic carbocycles. The van der Waals surface area contributed by atoms with Gasteiger partial charge in [-0.15, -0.1) is 0 Å². The fourth-order valence-electron chi connectivity index (χ4n) is 1.93. The molecule has 0 unspecified atom stereocenters. The van der Waals surface area contributed by atoms with Gasteiger partial charge in [-0.25, -0.2) is 4.39 Å². The number of benzene rings is 2. The molecule has 2 rings (SSSR count). The lowest BCUT2D eigenvalue weighted by molar-refractivity contribution is 0.292. The van der Waals surface area contributed by atoms with E-state index in [1.807, 2.05) is 12.1 Å². The maximum Gasteiger partial charge on any atom is 0.178 e. The van der Waals surface area contributed by atoms with Crippen LogP contribution in [0.15, 0.2) is 42.5 Å². The van der Waals surface area contributed by atoms with E-state index in [1.54, 1.807) is 12.1 Å². The smallest absolute Gasteiger partial charge is 0.178 e. The molecule has 2 N–H and O–H groups in total. The number of hydrogen-bond donors (Lipinski definition) is 1. The van der Waals surface area contributed by atoms with Gasteiger partial charge in [-0.2, -0.15) is 0 Å². The number of nitrogens with two attached hydrogens (primary N) is 1. The van der Waals surface area contributed by atoms with Gasteiger partial charge in [0.25, 0.3) is 0 Å². The van der Waals surface area contributed by atoms with Gasteiger partial charge in [0.1, 0.15) is 6.61 Å². The average Bonchev–Trinajstić information content (AvgIpc) is 2.37. The molecule has 0 aromatic heterocycles. The molecule has 0 fully saturated rings. The van der Waals surface area contributed by atoms with Crippen LogP contribution in [-0.2, 0) is 12.0 Å². The summed E-state index contributed by atoms with van der Waals surface area (Å²) in [7, 11) is 0. The number of hydrogen-bond acceptors (Lipinski definition) is 2. The van der Waals surface area contributed by atoms with Crippen LogP contribution in [0.4, 0.5) is 10.1 Å². The Morgan fingerprint density at radius 1 is 1.05 bits per heavy atom. The number of halogens is 1. The third-order valence-corrected chi connectivity index (χ3v) is 3.20. The van der Waals surface area contributed by atoms with E-state index < -0.39 is 5.82 Å². The molecule has 3 heteroatoms. The predicted molar refractivity (Wildman–Crippen MR) is 80.3 cm³/mol.